The Hall–Kier alpha value is -3.79. The summed E-state index contributed by atoms with van der Waals surface area (Å²) in [5.41, 5.74) is 2.44. The third-order valence-electron chi connectivity index (χ3n) is 3.84. The van der Waals surface area contributed by atoms with Crippen LogP contribution in [0.5, 0.6) is 5.75 Å². The molecule has 3 N–H and O–H groups in total. The van der Waals surface area contributed by atoms with Crippen LogP contribution in [0.3, 0.4) is 0 Å². The first-order valence-corrected chi connectivity index (χ1v) is 8.65. The number of aromatic hydroxyl groups is 1. The Morgan fingerprint density at radius 1 is 1.21 bits per heavy atom. The number of rotatable bonds is 7. The third-order valence-corrected chi connectivity index (χ3v) is 3.84. The van der Waals surface area contributed by atoms with Gasteiger partial charge in [0.05, 0.1) is 12.2 Å². The van der Waals surface area contributed by atoms with Gasteiger partial charge in [0.1, 0.15) is 17.4 Å². The molecular weight excluding hydrogens is 358 g/mol. The molecule has 7 nitrogen and oxygen atoms in total. The summed E-state index contributed by atoms with van der Waals surface area (Å²) in [5.74, 6) is -0.835. The molecule has 2 aromatic carbocycles. The van der Waals surface area contributed by atoms with Gasteiger partial charge in [0.15, 0.2) is 0 Å². The molecule has 0 saturated carbocycles. The zero-order chi connectivity index (χ0) is 20.5. The first kappa shape index (κ1) is 20.5. The highest BCUT2D eigenvalue weighted by atomic mass is 16.5. The SMILES string of the molecule is CCOC(=O)c1ccc(CN/C=C(/C#N)C(=O)Nc2ccc(O)cc2C)cc1. The lowest BCUT2D eigenvalue weighted by Gasteiger charge is -2.08. The van der Waals surface area contributed by atoms with Crippen LogP contribution in [0.15, 0.2) is 54.2 Å². The Balaban J connectivity index is 1.96. The zero-order valence-corrected chi connectivity index (χ0v) is 15.7. The molecule has 0 unspecified atom stereocenters. The molecule has 0 radical (unpaired) electrons. The quantitative estimate of drug-likeness (QED) is 0.295. The van der Waals surface area contributed by atoms with Gasteiger partial charge in [-0.05, 0) is 55.3 Å². The summed E-state index contributed by atoms with van der Waals surface area (Å²) in [4.78, 5) is 23.9. The summed E-state index contributed by atoms with van der Waals surface area (Å²) in [5, 5.41) is 24.2. The van der Waals surface area contributed by atoms with Gasteiger partial charge in [0, 0.05) is 18.4 Å². The number of amides is 1. The van der Waals surface area contributed by atoms with Crippen molar-refractivity contribution in [2.24, 2.45) is 0 Å². The van der Waals surface area contributed by atoms with Crippen molar-refractivity contribution < 1.29 is 19.4 Å². The number of ether oxygens (including phenoxy) is 1. The predicted molar refractivity (Wildman–Crippen MR) is 104 cm³/mol. The van der Waals surface area contributed by atoms with Gasteiger partial charge in [0.2, 0.25) is 0 Å². The number of phenols is 1. The van der Waals surface area contributed by atoms with Crippen LogP contribution in [0, 0.1) is 18.3 Å². The van der Waals surface area contributed by atoms with Gasteiger partial charge in [-0.2, -0.15) is 5.26 Å². The summed E-state index contributed by atoms with van der Waals surface area (Å²) in [7, 11) is 0. The van der Waals surface area contributed by atoms with E-state index in [4.69, 9.17) is 4.74 Å². The lowest BCUT2D eigenvalue weighted by molar-refractivity contribution is -0.112. The van der Waals surface area contributed by atoms with Crippen molar-refractivity contribution in [2.45, 2.75) is 20.4 Å². The molecule has 0 heterocycles. The van der Waals surface area contributed by atoms with Gasteiger partial charge in [0.25, 0.3) is 5.91 Å². The molecule has 2 rings (SSSR count). The van der Waals surface area contributed by atoms with Crippen molar-refractivity contribution in [1.82, 2.24) is 5.32 Å². The lowest BCUT2D eigenvalue weighted by atomic mass is 10.1. The minimum atomic E-state index is -0.554. The largest absolute Gasteiger partial charge is 0.508 e. The molecule has 0 aliphatic rings. The second-order valence-corrected chi connectivity index (χ2v) is 5.92. The van der Waals surface area contributed by atoms with E-state index in [1.807, 2.05) is 6.07 Å². The van der Waals surface area contributed by atoms with Crippen molar-refractivity contribution in [3.63, 3.8) is 0 Å². The number of nitrogens with zero attached hydrogens (tertiary/aromatic N) is 1. The molecule has 0 aliphatic carbocycles. The van der Waals surface area contributed by atoms with E-state index in [0.717, 1.165) is 5.56 Å². The Kier molecular flexibility index (Phi) is 7.17. The Bertz CT molecular complexity index is 928. The van der Waals surface area contributed by atoms with Crippen LogP contribution in [0.4, 0.5) is 5.69 Å². The van der Waals surface area contributed by atoms with Crippen molar-refractivity contribution in [3.8, 4) is 11.8 Å². The Morgan fingerprint density at radius 2 is 1.93 bits per heavy atom. The number of aryl methyl sites for hydroxylation is 1. The number of phenolic OH excluding ortho intramolecular Hbond substituents is 1. The van der Waals surface area contributed by atoms with E-state index < -0.39 is 5.91 Å². The number of esters is 1. The highest BCUT2D eigenvalue weighted by Crippen LogP contribution is 2.20. The normalized spacial score (nSPS) is 10.7. The van der Waals surface area contributed by atoms with Gasteiger partial charge in [-0.25, -0.2) is 4.79 Å². The zero-order valence-electron chi connectivity index (χ0n) is 15.7. The minimum Gasteiger partial charge on any atom is -0.508 e. The number of hydrogen-bond donors (Lipinski definition) is 3. The molecule has 0 saturated heterocycles. The van der Waals surface area contributed by atoms with Crippen molar-refractivity contribution in [2.75, 3.05) is 11.9 Å². The van der Waals surface area contributed by atoms with E-state index in [2.05, 4.69) is 10.6 Å². The molecule has 1 amide bonds. The fraction of sp³-hybridized carbons (Fsp3) is 0.190. The van der Waals surface area contributed by atoms with E-state index in [9.17, 15) is 20.0 Å². The average Bonchev–Trinajstić information content (AvgIpc) is 2.68. The number of anilines is 1. The summed E-state index contributed by atoms with van der Waals surface area (Å²) < 4.78 is 4.93. The fourth-order valence-electron chi connectivity index (χ4n) is 2.37. The molecule has 0 aliphatic heterocycles. The van der Waals surface area contributed by atoms with Crippen LogP contribution in [0.2, 0.25) is 0 Å². The van der Waals surface area contributed by atoms with E-state index in [1.54, 1.807) is 44.2 Å². The van der Waals surface area contributed by atoms with Gasteiger partial charge in [-0.3, -0.25) is 4.79 Å². The second-order valence-electron chi connectivity index (χ2n) is 5.92. The van der Waals surface area contributed by atoms with Crippen LogP contribution in [0.1, 0.15) is 28.4 Å². The van der Waals surface area contributed by atoms with Crippen LogP contribution >= 0.6 is 0 Å². The molecule has 0 fully saturated rings. The standard InChI is InChI=1S/C21H21N3O4/c1-3-28-21(27)16-6-4-15(5-7-16)12-23-13-17(11-22)20(26)24-19-9-8-18(25)10-14(19)2/h4-10,13,23,25H,3,12H2,1-2H3,(H,24,26)/b17-13-. The van der Waals surface area contributed by atoms with Crippen molar-refractivity contribution in [1.29, 1.82) is 5.26 Å². The van der Waals surface area contributed by atoms with Gasteiger partial charge in [-0.1, -0.05) is 12.1 Å². The molecule has 0 spiro atoms. The number of nitrogens with one attached hydrogen (secondary N) is 2. The highest BCUT2D eigenvalue weighted by molar-refractivity contribution is 6.06. The summed E-state index contributed by atoms with van der Waals surface area (Å²) in [6.45, 7) is 4.17. The number of carbonyl (C=O) groups excluding carboxylic acids is 2. The lowest BCUT2D eigenvalue weighted by Crippen LogP contribution is -2.17. The monoisotopic (exact) mass is 379 g/mol. The third kappa shape index (κ3) is 5.61. The van der Waals surface area contributed by atoms with Crippen LogP contribution in [-0.4, -0.2) is 23.6 Å². The summed E-state index contributed by atoms with van der Waals surface area (Å²) >= 11 is 0. The Morgan fingerprint density at radius 3 is 2.54 bits per heavy atom. The predicted octanol–water partition coefficient (Wildman–Crippen LogP) is 3.01. The molecule has 0 aromatic heterocycles. The van der Waals surface area contributed by atoms with Gasteiger partial charge >= 0.3 is 5.97 Å². The highest BCUT2D eigenvalue weighted by Gasteiger charge is 2.11. The van der Waals surface area contributed by atoms with Crippen molar-refractivity contribution in [3.05, 3.63) is 70.9 Å². The maximum atomic E-state index is 12.2. The number of benzene rings is 2. The molecule has 28 heavy (non-hydrogen) atoms. The van der Waals surface area contributed by atoms with Crippen LogP contribution in [0.25, 0.3) is 0 Å². The molecule has 2 aromatic rings. The molecular formula is C21H21N3O4. The maximum Gasteiger partial charge on any atom is 0.338 e. The van der Waals surface area contributed by atoms with Gasteiger partial charge < -0.3 is 20.5 Å². The van der Waals surface area contributed by atoms with E-state index in [0.29, 0.717) is 30.0 Å². The van der Waals surface area contributed by atoms with Crippen molar-refractivity contribution >= 4 is 17.6 Å². The summed E-state index contributed by atoms with van der Waals surface area (Å²) in [6, 6.07) is 13.2. The van der Waals surface area contributed by atoms with E-state index >= 15 is 0 Å². The first-order valence-electron chi connectivity index (χ1n) is 8.65. The van der Waals surface area contributed by atoms with Crippen LogP contribution in [-0.2, 0) is 16.1 Å². The number of hydrogen-bond acceptors (Lipinski definition) is 6. The minimum absolute atomic E-state index is 0.0874. The molecule has 0 atom stereocenters. The van der Waals surface area contributed by atoms with Crippen LogP contribution < -0.4 is 10.6 Å². The smallest absolute Gasteiger partial charge is 0.338 e. The van der Waals surface area contributed by atoms with E-state index in [1.165, 1.54) is 18.3 Å². The maximum absolute atomic E-state index is 12.2. The topological polar surface area (TPSA) is 111 Å². The fourth-order valence-corrected chi connectivity index (χ4v) is 2.37. The van der Waals surface area contributed by atoms with E-state index in [-0.39, 0.29) is 17.3 Å². The number of carbonyl (C=O) groups is 2. The molecule has 7 heteroatoms. The average molecular weight is 379 g/mol. The first-order chi connectivity index (χ1) is 13.4. The molecule has 144 valence electrons. The summed E-state index contributed by atoms with van der Waals surface area (Å²) in [6.07, 6.45) is 1.34. The second kappa shape index (κ2) is 9.78. The van der Waals surface area contributed by atoms with Gasteiger partial charge in [-0.15, -0.1) is 0 Å². The Labute approximate surface area is 163 Å². The number of nitriles is 1. The molecule has 0 bridgehead atoms.